The van der Waals surface area contributed by atoms with Crippen molar-refractivity contribution in [3.05, 3.63) is 0 Å². The standard InChI is InChI=1S/C14H29N3O2S/c1-3-15-11-14-8-4-5-10-17(14)20(18,19)16-9-6-7-13(2)12-16/h13-15H,3-12H2,1-2H3. The third-order valence-corrected chi connectivity index (χ3v) is 6.50. The fourth-order valence-electron chi connectivity index (χ4n) is 3.30. The normalized spacial score (nSPS) is 30.5. The van der Waals surface area contributed by atoms with Gasteiger partial charge in [0.25, 0.3) is 10.2 Å². The van der Waals surface area contributed by atoms with Crippen molar-refractivity contribution >= 4 is 10.2 Å². The van der Waals surface area contributed by atoms with Gasteiger partial charge in [0.1, 0.15) is 0 Å². The zero-order valence-electron chi connectivity index (χ0n) is 12.8. The highest BCUT2D eigenvalue weighted by Gasteiger charge is 2.37. The lowest BCUT2D eigenvalue weighted by molar-refractivity contribution is 0.207. The molecule has 2 heterocycles. The molecule has 0 radical (unpaired) electrons. The molecular formula is C14H29N3O2S. The van der Waals surface area contributed by atoms with E-state index in [2.05, 4.69) is 19.2 Å². The Bertz CT molecular complexity index is 399. The van der Waals surface area contributed by atoms with Crippen LogP contribution in [0.15, 0.2) is 0 Å². The van der Waals surface area contributed by atoms with Crippen molar-refractivity contribution in [2.75, 3.05) is 32.7 Å². The molecule has 0 saturated carbocycles. The van der Waals surface area contributed by atoms with Gasteiger partial charge in [0.15, 0.2) is 0 Å². The molecule has 20 heavy (non-hydrogen) atoms. The molecule has 2 fully saturated rings. The summed E-state index contributed by atoms with van der Waals surface area (Å²) in [5.74, 6) is 0.482. The van der Waals surface area contributed by atoms with E-state index in [9.17, 15) is 8.42 Å². The van der Waals surface area contributed by atoms with Gasteiger partial charge in [-0.2, -0.15) is 17.0 Å². The van der Waals surface area contributed by atoms with Crippen molar-refractivity contribution in [3.63, 3.8) is 0 Å². The number of piperidine rings is 2. The van der Waals surface area contributed by atoms with Gasteiger partial charge in [-0.25, -0.2) is 0 Å². The molecular weight excluding hydrogens is 274 g/mol. The first kappa shape index (κ1) is 16.2. The maximum Gasteiger partial charge on any atom is 0.282 e. The van der Waals surface area contributed by atoms with Crippen molar-refractivity contribution in [1.82, 2.24) is 13.9 Å². The second-order valence-corrected chi connectivity index (χ2v) is 8.06. The largest absolute Gasteiger partial charge is 0.315 e. The number of hydrogen-bond acceptors (Lipinski definition) is 3. The average molecular weight is 303 g/mol. The maximum absolute atomic E-state index is 12.9. The molecule has 2 aliphatic rings. The summed E-state index contributed by atoms with van der Waals surface area (Å²) < 4.78 is 29.2. The SMILES string of the molecule is CCNCC1CCCCN1S(=O)(=O)N1CCCC(C)C1. The van der Waals surface area contributed by atoms with Gasteiger partial charge in [-0.1, -0.05) is 20.3 Å². The van der Waals surface area contributed by atoms with Crippen molar-refractivity contribution < 1.29 is 8.42 Å². The van der Waals surface area contributed by atoms with Gasteiger partial charge in [0, 0.05) is 32.2 Å². The Morgan fingerprint density at radius 2 is 1.95 bits per heavy atom. The molecule has 2 atom stereocenters. The Morgan fingerprint density at radius 3 is 2.65 bits per heavy atom. The van der Waals surface area contributed by atoms with Gasteiger partial charge < -0.3 is 5.32 Å². The zero-order chi connectivity index (χ0) is 14.6. The highest BCUT2D eigenvalue weighted by Crippen LogP contribution is 2.26. The number of nitrogens with one attached hydrogen (secondary N) is 1. The van der Waals surface area contributed by atoms with Crippen LogP contribution >= 0.6 is 0 Å². The van der Waals surface area contributed by atoms with E-state index in [4.69, 9.17) is 0 Å². The molecule has 0 aromatic heterocycles. The Kier molecular flexibility index (Phi) is 5.84. The van der Waals surface area contributed by atoms with Crippen molar-refractivity contribution in [1.29, 1.82) is 0 Å². The lowest BCUT2D eigenvalue weighted by Crippen LogP contribution is -2.55. The third-order valence-electron chi connectivity index (χ3n) is 4.45. The summed E-state index contributed by atoms with van der Waals surface area (Å²) in [6.07, 6.45) is 5.25. The molecule has 5 nitrogen and oxygen atoms in total. The van der Waals surface area contributed by atoms with E-state index in [-0.39, 0.29) is 6.04 Å². The van der Waals surface area contributed by atoms with E-state index >= 15 is 0 Å². The predicted molar refractivity (Wildman–Crippen MR) is 81.8 cm³/mol. The molecule has 1 N–H and O–H groups in total. The second kappa shape index (κ2) is 7.20. The molecule has 0 amide bonds. The number of likely N-dealkylation sites (N-methyl/N-ethyl adjacent to an activating group) is 1. The molecule has 6 heteroatoms. The van der Waals surface area contributed by atoms with Crippen molar-refractivity contribution in [2.24, 2.45) is 5.92 Å². The van der Waals surface area contributed by atoms with Crippen LogP contribution in [0.2, 0.25) is 0 Å². The van der Waals surface area contributed by atoms with Gasteiger partial charge in [-0.15, -0.1) is 0 Å². The first-order valence-corrected chi connectivity index (χ1v) is 9.43. The first-order chi connectivity index (χ1) is 9.55. The molecule has 0 aromatic carbocycles. The van der Waals surface area contributed by atoms with E-state index in [1.807, 2.05) is 0 Å². The summed E-state index contributed by atoms with van der Waals surface area (Å²) in [4.78, 5) is 0. The number of nitrogens with zero attached hydrogens (tertiary/aromatic N) is 2. The fourth-order valence-corrected chi connectivity index (χ4v) is 5.31. The van der Waals surface area contributed by atoms with Gasteiger partial charge in [-0.05, 0) is 38.1 Å². The molecule has 0 aromatic rings. The minimum absolute atomic E-state index is 0.130. The summed E-state index contributed by atoms with van der Waals surface area (Å²) in [6.45, 7) is 7.94. The quantitative estimate of drug-likeness (QED) is 0.836. The monoisotopic (exact) mass is 303 g/mol. The molecule has 2 unspecified atom stereocenters. The van der Waals surface area contributed by atoms with Crippen LogP contribution in [0.1, 0.15) is 46.0 Å². The number of rotatable bonds is 5. The van der Waals surface area contributed by atoms with Gasteiger partial charge in [0.05, 0.1) is 0 Å². The summed E-state index contributed by atoms with van der Waals surface area (Å²) >= 11 is 0. The average Bonchev–Trinajstić information content (AvgIpc) is 2.45. The van der Waals surface area contributed by atoms with Crippen LogP contribution in [-0.2, 0) is 10.2 Å². The molecule has 2 aliphatic heterocycles. The summed E-state index contributed by atoms with van der Waals surface area (Å²) in [5, 5.41) is 3.31. The topological polar surface area (TPSA) is 52.7 Å². The molecule has 0 aliphatic carbocycles. The third kappa shape index (κ3) is 3.72. The maximum atomic E-state index is 12.9. The molecule has 0 bridgehead atoms. The van der Waals surface area contributed by atoms with Gasteiger partial charge >= 0.3 is 0 Å². The van der Waals surface area contributed by atoms with E-state index in [1.54, 1.807) is 8.61 Å². The summed E-state index contributed by atoms with van der Waals surface area (Å²) in [5.41, 5.74) is 0. The van der Waals surface area contributed by atoms with E-state index in [0.717, 1.165) is 45.2 Å². The van der Waals surface area contributed by atoms with Crippen LogP contribution < -0.4 is 5.32 Å². The van der Waals surface area contributed by atoms with Crippen LogP contribution in [0.4, 0.5) is 0 Å². The Morgan fingerprint density at radius 1 is 1.15 bits per heavy atom. The molecule has 0 spiro atoms. The Labute approximate surface area is 123 Å². The van der Waals surface area contributed by atoms with Crippen LogP contribution in [0, 0.1) is 5.92 Å². The van der Waals surface area contributed by atoms with Gasteiger partial charge in [0.2, 0.25) is 0 Å². The fraction of sp³-hybridized carbons (Fsp3) is 1.00. The predicted octanol–water partition coefficient (Wildman–Crippen LogP) is 1.43. The summed E-state index contributed by atoms with van der Waals surface area (Å²) in [6, 6.07) is 0.130. The van der Waals surface area contributed by atoms with E-state index in [1.165, 1.54) is 0 Å². The molecule has 2 saturated heterocycles. The smallest absolute Gasteiger partial charge is 0.282 e. The number of hydrogen-bond donors (Lipinski definition) is 1. The second-order valence-electron chi connectivity index (χ2n) is 6.18. The lowest BCUT2D eigenvalue weighted by Gasteiger charge is -2.40. The van der Waals surface area contributed by atoms with Crippen molar-refractivity contribution in [3.8, 4) is 0 Å². The van der Waals surface area contributed by atoms with Crippen LogP contribution in [0.5, 0.6) is 0 Å². The van der Waals surface area contributed by atoms with Crippen LogP contribution in [-0.4, -0.2) is 55.8 Å². The molecule has 118 valence electrons. The van der Waals surface area contributed by atoms with Crippen LogP contribution in [0.3, 0.4) is 0 Å². The lowest BCUT2D eigenvalue weighted by atomic mass is 10.0. The van der Waals surface area contributed by atoms with E-state index < -0.39 is 10.2 Å². The minimum Gasteiger partial charge on any atom is -0.315 e. The molecule has 2 rings (SSSR count). The highest BCUT2D eigenvalue weighted by atomic mass is 32.2. The van der Waals surface area contributed by atoms with Crippen LogP contribution in [0.25, 0.3) is 0 Å². The van der Waals surface area contributed by atoms with E-state index in [0.29, 0.717) is 25.6 Å². The Hall–Kier alpha value is -0.170. The van der Waals surface area contributed by atoms with Gasteiger partial charge in [-0.3, -0.25) is 0 Å². The first-order valence-electron chi connectivity index (χ1n) is 8.03. The zero-order valence-corrected chi connectivity index (χ0v) is 13.7. The summed E-state index contributed by atoms with van der Waals surface area (Å²) in [7, 11) is -3.27. The van der Waals surface area contributed by atoms with Crippen molar-refractivity contribution in [2.45, 2.75) is 52.0 Å². The Balaban J connectivity index is 2.08. The highest BCUT2D eigenvalue weighted by molar-refractivity contribution is 7.86. The minimum atomic E-state index is -3.27.